The Bertz CT molecular complexity index is 644. The van der Waals surface area contributed by atoms with Crippen molar-refractivity contribution in [3.05, 3.63) is 42.9 Å². The lowest BCUT2D eigenvalue weighted by molar-refractivity contribution is 0.414. The number of ether oxygens (including phenoxy) is 1. The van der Waals surface area contributed by atoms with E-state index in [1.54, 1.807) is 25.7 Å². The van der Waals surface area contributed by atoms with Crippen LogP contribution in [-0.2, 0) is 0 Å². The van der Waals surface area contributed by atoms with Crippen LogP contribution in [0.4, 0.5) is 0 Å². The van der Waals surface area contributed by atoms with Gasteiger partial charge in [-0.15, -0.1) is 0 Å². The second-order valence-corrected chi connectivity index (χ2v) is 3.67. The zero-order valence-electron chi connectivity index (χ0n) is 9.66. The number of hydrogen-bond donors (Lipinski definition) is 0. The van der Waals surface area contributed by atoms with Gasteiger partial charge in [-0.25, -0.2) is 0 Å². The average Bonchev–Trinajstić information content (AvgIpc) is 3.09. The minimum absolute atomic E-state index is 0.432. The molecule has 3 rings (SSSR count). The number of rotatable bonds is 3. The monoisotopic (exact) mass is 242 g/mol. The van der Waals surface area contributed by atoms with Gasteiger partial charge in [0.1, 0.15) is 12.0 Å². The molecule has 90 valence electrons. The van der Waals surface area contributed by atoms with Gasteiger partial charge in [-0.3, -0.25) is 0 Å². The summed E-state index contributed by atoms with van der Waals surface area (Å²) in [4.78, 5) is 4.31. The van der Waals surface area contributed by atoms with E-state index in [2.05, 4.69) is 10.1 Å². The van der Waals surface area contributed by atoms with Crippen LogP contribution in [0.3, 0.4) is 0 Å². The summed E-state index contributed by atoms with van der Waals surface area (Å²) in [5.41, 5.74) is 1.60. The van der Waals surface area contributed by atoms with Crippen molar-refractivity contribution >= 4 is 0 Å². The molecule has 0 aliphatic carbocycles. The van der Waals surface area contributed by atoms with E-state index in [0.717, 1.165) is 16.9 Å². The first kappa shape index (κ1) is 10.6. The molecular weight excluding hydrogens is 232 g/mol. The predicted molar refractivity (Wildman–Crippen MR) is 64.0 cm³/mol. The number of aromatic nitrogens is 2. The molecule has 0 spiro atoms. The molecule has 0 fully saturated rings. The first-order valence-electron chi connectivity index (χ1n) is 5.37. The molecule has 0 radical (unpaired) electrons. The SMILES string of the molecule is COc1cccc(-c2noc(-c3ccoc3)n2)c1. The number of furan rings is 1. The molecule has 2 heterocycles. The largest absolute Gasteiger partial charge is 0.497 e. The van der Waals surface area contributed by atoms with Crippen molar-refractivity contribution < 1.29 is 13.7 Å². The maximum Gasteiger partial charge on any atom is 0.261 e. The van der Waals surface area contributed by atoms with Crippen LogP contribution < -0.4 is 4.74 Å². The van der Waals surface area contributed by atoms with Crippen molar-refractivity contribution in [3.63, 3.8) is 0 Å². The van der Waals surface area contributed by atoms with E-state index in [0.29, 0.717) is 11.7 Å². The predicted octanol–water partition coefficient (Wildman–Crippen LogP) is 3.01. The number of hydrogen-bond acceptors (Lipinski definition) is 5. The zero-order valence-corrected chi connectivity index (χ0v) is 9.66. The lowest BCUT2D eigenvalue weighted by Crippen LogP contribution is -1.85. The molecule has 0 amide bonds. The van der Waals surface area contributed by atoms with Crippen LogP contribution >= 0.6 is 0 Å². The molecule has 0 aliphatic heterocycles. The van der Waals surface area contributed by atoms with E-state index >= 15 is 0 Å². The molecule has 0 aliphatic rings. The Morgan fingerprint density at radius 3 is 2.89 bits per heavy atom. The van der Waals surface area contributed by atoms with E-state index in [9.17, 15) is 0 Å². The number of nitrogens with zero attached hydrogens (tertiary/aromatic N) is 2. The summed E-state index contributed by atoms with van der Waals surface area (Å²) in [6, 6.07) is 9.25. The maximum atomic E-state index is 5.18. The molecule has 0 atom stereocenters. The van der Waals surface area contributed by atoms with Gasteiger partial charge in [0.2, 0.25) is 5.82 Å². The van der Waals surface area contributed by atoms with Gasteiger partial charge < -0.3 is 13.7 Å². The summed E-state index contributed by atoms with van der Waals surface area (Å²) in [5.74, 6) is 1.70. The van der Waals surface area contributed by atoms with Crippen LogP contribution in [0.5, 0.6) is 5.75 Å². The van der Waals surface area contributed by atoms with Crippen LogP contribution in [0.25, 0.3) is 22.8 Å². The first-order valence-corrected chi connectivity index (χ1v) is 5.37. The minimum Gasteiger partial charge on any atom is -0.497 e. The van der Waals surface area contributed by atoms with Crippen LogP contribution in [0.15, 0.2) is 51.8 Å². The Morgan fingerprint density at radius 1 is 1.17 bits per heavy atom. The van der Waals surface area contributed by atoms with Gasteiger partial charge in [0.25, 0.3) is 5.89 Å². The lowest BCUT2D eigenvalue weighted by Gasteiger charge is -1.99. The van der Waals surface area contributed by atoms with Gasteiger partial charge in [-0.05, 0) is 18.2 Å². The highest BCUT2D eigenvalue weighted by Gasteiger charge is 2.11. The Balaban J connectivity index is 1.97. The fraction of sp³-hybridized carbons (Fsp3) is 0.0769. The minimum atomic E-state index is 0.432. The van der Waals surface area contributed by atoms with Crippen molar-refractivity contribution in [2.45, 2.75) is 0 Å². The fourth-order valence-corrected chi connectivity index (χ4v) is 1.61. The van der Waals surface area contributed by atoms with E-state index in [-0.39, 0.29) is 0 Å². The summed E-state index contributed by atoms with van der Waals surface area (Å²) in [7, 11) is 1.62. The van der Waals surface area contributed by atoms with Gasteiger partial charge in [0.15, 0.2) is 0 Å². The van der Waals surface area contributed by atoms with Crippen LogP contribution in [0.2, 0.25) is 0 Å². The summed E-state index contributed by atoms with van der Waals surface area (Å²) >= 11 is 0. The van der Waals surface area contributed by atoms with Gasteiger partial charge in [-0.2, -0.15) is 4.98 Å². The van der Waals surface area contributed by atoms with E-state index in [1.807, 2.05) is 24.3 Å². The van der Waals surface area contributed by atoms with Crippen molar-refractivity contribution in [2.75, 3.05) is 7.11 Å². The molecule has 0 unspecified atom stereocenters. The quantitative estimate of drug-likeness (QED) is 0.706. The highest BCUT2D eigenvalue weighted by atomic mass is 16.5. The van der Waals surface area contributed by atoms with Gasteiger partial charge in [0.05, 0.1) is 18.9 Å². The lowest BCUT2D eigenvalue weighted by atomic mass is 10.2. The fourth-order valence-electron chi connectivity index (χ4n) is 1.61. The summed E-state index contributed by atoms with van der Waals surface area (Å²) in [5, 5.41) is 3.93. The Kier molecular flexibility index (Phi) is 2.57. The number of methoxy groups -OCH3 is 1. The maximum absolute atomic E-state index is 5.18. The summed E-state index contributed by atoms with van der Waals surface area (Å²) < 4.78 is 15.3. The molecular formula is C13H10N2O3. The van der Waals surface area contributed by atoms with Crippen molar-refractivity contribution in [2.24, 2.45) is 0 Å². The zero-order chi connectivity index (χ0) is 12.4. The molecule has 1 aromatic carbocycles. The summed E-state index contributed by atoms with van der Waals surface area (Å²) in [6.07, 6.45) is 3.12. The van der Waals surface area contributed by atoms with Gasteiger partial charge >= 0.3 is 0 Å². The molecule has 2 aromatic heterocycles. The first-order chi connectivity index (χ1) is 8.86. The Labute approximate surface area is 103 Å². The van der Waals surface area contributed by atoms with Crippen LogP contribution in [-0.4, -0.2) is 17.3 Å². The van der Waals surface area contributed by atoms with E-state index in [4.69, 9.17) is 13.7 Å². The molecule has 5 heteroatoms. The second-order valence-electron chi connectivity index (χ2n) is 3.67. The third kappa shape index (κ3) is 1.86. The molecule has 0 saturated carbocycles. The smallest absolute Gasteiger partial charge is 0.261 e. The Morgan fingerprint density at radius 2 is 2.11 bits per heavy atom. The molecule has 0 saturated heterocycles. The molecule has 0 bridgehead atoms. The normalized spacial score (nSPS) is 10.5. The van der Waals surface area contributed by atoms with E-state index in [1.165, 1.54) is 0 Å². The van der Waals surface area contributed by atoms with Gasteiger partial charge in [0, 0.05) is 5.56 Å². The van der Waals surface area contributed by atoms with Crippen molar-refractivity contribution in [1.82, 2.24) is 10.1 Å². The summed E-state index contributed by atoms with van der Waals surface area (Å²) in [6.45, 7) is 0. The number of benzene rings is 1. The van der Waals surface area contributed by atoms with Gasteiger partial charge in [-0.1, -0.05) is 17.3 Å². The van der Waals surface area contributed by atoms with E-state index < -0.39 is 0 Å². The third-order valence-corrected chi connectivity index (χ3v) is 2.52. The highest BCUT2D eigenvalue weighted by Crippen LogP contribution is 2.24. The third-order valence-electron chi connectivity index (χ3n) is 2.52. The standard InChI is InChI=1S/C13H10N2O3/c1-16-11-4-2-3-9(7-11)12-14-13(18-15-12)10-5-6-17-8-10/h2-8H,1H3. The topological polar surface area (TPSA) is 61.3 Å². The van der Waals surface area contributed by atoms with Crippen molar-refractivity contribution in [1.29, 1.82) is 0 Å². The molecule has 5 nitrogen and oxygen atoms in total. The van der Waals surface area contributed by atoms with Crippen molar-refractivity contribution in [3.8, 4) is 28.6 Å². The molecule has 0 N–H and O–H groups in total. The molecule has 18 heavy (non-hydrogen) atoms. The second kappa shape index (κ2) is 4.37. The van der Waals surface area contributed by atoms with Crippen LogP contribution in [0, 0.1) is 0 Å². The average molecular weight is 242 g/mol. The Hall–Kier alpha value is -2.56. The van der Waals surface area contributed by atoms with Crippen LogP contribution in [0.1, 0.15) is 0 Å². The highest BCUT2D eigenvalue weighted by molar-refractivity contribution is 5.60. The molecule has 3 aromatic rings.